The van der Waals surface area contributed by atoms with E-state index in [1.165, 1.54) is 10.5 Å². The van der Waals surface area contributed by atoms with E-state index in [0.29, 0.717) is 22.1 Å². The van der Waals surface area contributed by atoms with Crippen LogP contribution in [0.15, 0.2) is 78.2 Å². The van der Waals surface area contributed by atoms with Crippen LogP contribution in [0.2, 0.25) is 5.02 Å². The van der Waals surface area contributed by atoms with Gasteiger partial charge in [-0.15, -0.1) is 11.3 Å². The lowest BCUT2D eigenvalue weighted by molar-refractivity contribution is -0.125. The zero-order valence-corrected chi connectivity index (χ0v) is 20.5. The van der Waals surface area contributed by atoms with Gasteiger partial charge in [-0.1, -0.05) is 41.9 Å². The molecule has 8 heteroatoms. The molecule has 1 aliphatic rings. The van der Waals surface area contributed by atoms with Gasteiger partial charge in [-0.05, 0) is 55.0 Å². The molecule has 35 heavy (non-hydrogen) atoms. The van der Waals surface area contributed by atoms with Crippen LogP contribution in [0.5, 0.6) is 5.75 Å². The van der Waals surface area contributed by atoms with Gasteiger partial charge in [0.25, 0.3) is 5.91 Å². The lowest BCUT2D eigenvalue weighted by Crippen LogP contribution is -2.49. The molecule has 1 N–H and O–H groups in total. The lowest BCUT2D eigenvalue weighted by atomic mass is 10.1. The Balaban J connectivity index is 1.39. The van der Waals surface area contributed by atoms with Gasteiger partial charge in [-0.25, -0.2) is 4.98 Å². The molecular formula is C27H22ClN3O3S. The van der Waals surface area contributed by atoms with Crippen molar-refractivity contribution in [2.75, 3.05) is 16.8 Å². The molecule has 6 nitrogen and oxygen atoms in total. The van der Waals surface area contributed by atoms with Crippen LogP contribution < -0.4 is 15.0 Å². The first-order chi connectivity index (χ1) is 17.0. The number of carbonyl (C=O) groups is 2. The van der Waals surface area contributed by atoms with Crippen molar-refractivity contribution < 1.29 is 14.3 Å². The van der Waals surface area contributed by atoms with Crippen molar-refractivity contribution >= 4 is 46.1 Å². The fraction of sp³-hybridized carbons (Fsp3) is 0.148. The SMILES string of the molecule is CC(C(=O)Nc1ccc(Cl)cc1)N1C(=O)COc2ccc(-c3csc(Cc4ccccc4)n3)cc21. The van der Waals surface area contributed by atoms with Crippen LogP contribution in [0.25, 0.3) is 11.3 Å². The number of anilines is 2. The summed E-state index contributed by atoms with van der Waals surface area (Å²) in [5.74, 6) is -0.0339. The number of benzene rings is 3. The van der Waals surface area contributed by atoms with Crippen molar-refractivity contribution in [2.45, 2.75) is 19.4 Å². The lowest BCUT2D eigenvalue weighted by Gasteiger charge is -2.33. The third kappa shape index (κ3) is 5.06. The molecule has 0 aliphatic carbocycles. The third-order valence-electron chi connectivity index (χ3n) is 5.76. The number of hydrogen-bond acceptors (Lipinski definition) is 5. The molecule has 0 radical (unpaired) electrons. The Bertz CT molecular complexity index is 1370. The van der Waals surface area contributed by atoms with E-state index in [-0.39, 0.29) is 18.4 Å². The van der Waals surface area contributed by atoms with Crippen molar-refractivity contribution in [3.63, 3.8) is 0 Å². The fourth-order valence-electron chi connectivity index (χ4n) is 3.95. The molecule has 0 fully saturated rings. The number of nitrogens with one attached hydrogen (secondary N) is 1. The summed E-state index contributed by atoms with van der Waals surface area (Å²) in [6.45, 7) is 1.58. The molecule has 2 heterocycles. The van der Waals surface area contributed by atoms with E-state index in [1.54, 1.807) is 42.5 Å². The Kier molecular flexibility index (Phi) is 6.53. The largest absolute Gasteiger partial charge is 0.482 e. The maximum absolute atomic E-state index is 13.0. The normalized spacial score (nSPS) is 13.7. The molecule has 1 aromatic heterocycles. The van der Waals surface area contributed by atoms with E-state index in [2.05, 4.69) is 17.4 Å². The summed E-state index contributed by atoms with van der Waals surface area (Å²) in [4.78, 5) is 32.1. The number of fused-ring (bicyclic) bond motifs is 1. The minimum absolute atomic E-state index is 0.122. The number of nitrogens with zero attached hydrogens (tertiary/aromatic N) is 2. The number of rotatable bonds is 6. The van der Waals surface area contributed by atoms with Gasteiger partial charge in [-0.2, -0.15) is 0 Å². The van der Waals surface area contributed by atoms with Crippen molar-refractivity contribution in [1.29, 1.82) is 0 Å². The molecule has 5 rings (SSSR count). The Labute approximate surface area is 212 Å². The smallest absolute Gasteiger partial charge is 0.265 e. The monoisotopic (exact) mass is 503 g/mol. The van der Waals surface area contributed by atoms with Gasteiger partial charge >= 0.3 is 0 Å². The topological polar surface area (TPSA) is 71.5 Å². The molecule has 3 aromatic carbocycles. The highest BCUT2D eigenvalue weighted by Gasteiger charge is 2.33. The number of thiazole rings is 1. The van der Waals surface area contributed by atoms with E-state index in [4.69, 9.17) is 21.3 Å². The highest BCUT2D eigenvalue weighted by atomic mass is 35.5. The van der Waals surface area contributed by atoms with Crippen LogP contribution in [-0.4, -0.2) is 29.4 Å². The van der Waals surface area contributed by atoms with Crippen LogP contribution in [0.4, 0.5) is 11.4 Å². The molecule has 0 spiro atoms. The number of hydrogen-bond donors (Lipinski definition) is 1. The molecule has 176 valence electrons. The third-order valence-corrected chi connectivity index (χ3v) is 6.86. The molecule has 4 aromatic rings. The number of aromatic nitrogens is 1. The van der Waals surface area contributed by atoms with Crippen molar-refractivity contribution in [3.8, 4) is 17.0 Å². The minimum Gasteiger partial charge on any atom is -0.482 e. The highest BCUT2D eigenvalue weighted by molar-refractivity contribution is 7.10. The molecule has 1 unspecified atom stereocenters. The maximum atomic E-state index is 13.0. The van der Waals surface area contributed by atoms with Gasteiger partial charge in [0.1, 0.15) is 11.8 Å². The number of amides is 2. The molecule has 0 saturated carbocycles. The van der Waals surface area contributed by atoms with Gasteiger partial charge in [0.15, 0.2) is 6.61 Å². The molecular weight excluding hydrogens is 482 g/mol. The first-order valence-corrected chi connectivity index (χ1v) is 12.4. The van der Waals surface area contributed by atoms with E-state index in [1.807, 2.05) is 41.8 Å². The first-order valence-electron chi connectivity index (χ1n) is 11.1. The molecule has 0 saturated heterocycles. The zero-order valence-electron chi connectivity index (χ0n) is 18.9. The van der Waals surface area contributed by atoms with Crippen molar-refractivity contribution in [1.82, 2.24) is 4.98 Å². The van der Waals surface area contributed by atoms with E-state index in [0.717, 1.165) is 22.7 Å². The highest BCUT2D eigenvalue weighted by Crippen LogP contribution is 2.37. The Hall–Kier alpha value is -3.68. The minimum atomic E-state index is -0.750. The van der Waals surface area contributed by atoms with Crippen LogP contribution in [0, 0.1) is 0 Å². The number of carbonyl (C=O) groups excluding carboxylic acids is 2. The molecule has 2 amide bonds. The Morgan fingerprint density at radius 3 is 2.69 bits per heavy atom. The second kappa shape index (κ2) is 9.90. The summed E-state index contributed by atoms with van der Waals surface area (Å²) in [7, 11) is 0. The summed E-state index contributed by atoms with van der Waals surface area (Å²) < 4.78 is 5.65. The Morgan fingerprint density at radius 1 is 1.14 bits per heavy atom. The van der Waals surface area contributed by atoms with Crippen LogP contribution in [-0.2, 0) is 16.0 Å². The summed E-state index contributed by atoms with van der Waals surface area (Å²) in [6.07, 6.45) is 0.756. The van der Waals surface area contributed by atoms with Crippen LogP contribution in [0.1, 0.15) is 17.5 Å². The second-order valence-electron chi connectivity index (χ2n) is 8.20. The maximum Gasteiger partial charge on any atom is 0.265 e. The van der Waals surface area contributed by atoms with Gasteiger partial charge in [0.2, 0.25) is 5.91 Å². The van der Waals surface area contributed by atoms with Gasteiger partial charge < -0.3 is 10.1 Å². The Morgan fingerprint density at radius 2 is 1.91 bits per heavy atom. The van der Waals surface area contributed by atoms with Crippen molar-refractivity contribution in [3.05, 3.63) is 93.8 Å². The first kappa shape index (κ1) is 23.1. The van der Waals surface area contributed by atoms with E-state index in [9.17, 15) is 9.59 Å². The summed E-state index contributed by atoms with van der Waals surface area (Å²) in [6, 6.07) is 21.9. The standard InChI is InChI=1S/C27H22ClN3O3S/c1-17(27(33)29-21-10-8-20(28)9-11-21)31-23-14-19(7-12-24(23)34-15-26(31)32)22-16-35-25(30-22)13-18-5-3-2-4-6-18/h2-12,14,16-17H,13,15H2,1H3,(H,29,33). The predicted octanol–water partition coefficient (Wildman–Crippen LogP) is 5.81. The second-order valence-corrected chi connectivity index (χ2v) is 9.57. The van der Waals surface area contributed by atoms with Gasteiger partial charge in [0, 0.05) is 28.1 Å². The summed E-state index contributed by atoms with van der Waals surface area (Å²) >= 11 is 7.53. The number of ether oxygens (including phenoxy) is 1. The molecule has 1 aliphatic heterocycles. The van der Waals surface area contributed by atoms with Crippen LogP contribution >= 0.6 is 22.9 Å². The number of halogens is 1. The quantitative estimate of drug-likeness (QED) is 0.360. The summed E-state index contributed by atoms with van der Waals surface area (Å²) in [5.41, 5.74) is 4.03. The van der Waals surface area contributed by atoms with E-state index >= 15 is 0 Å². The van der Waals surface area contributed by atoms with Crippen LogP contribution in [0.3, 0.4) is 0 Å². The average Bonchev–Trinajstić information content (AvgIpc) is 3.33. The van der Waals surface area contributed by atoms with Gasteiger partial charge in [0.05, 0.1) is 16.4 Å². The average molecular weight is 504 g/mol. The van der Waals surface area contributed by atoms with Gasteiger partial charge in [-0.3, -0.25) is 14.5 Å². The predicted molar refractivity (Wildman–Crippen MR) is 139 cm³/mol. The molecule has 1 atom stereocenters. The molecule has 0 bridgehead atoms. The zero-order chi connectivity index (χ0) is 24.4. The fourth-order valence-corrected chi connectivity index (χ4v) is 4.91. The summed E-state index contributed by atoms with van der Waals surface area (Å²) in [5, 5.41) is 6.44. The van der Waals surface area contributed by atoms with E-state index < -0.39 is 6.04 Å². The van der Waals surface area contributed by atoms with Crippen molar-refractivity contribution in [2.24, 2.45) is 0 Å².